The molecule has 0 fully saturated rings. The molecule has 0 heterocycles. The largest absolute Gasteiger partial charge is 0.330 e. The molecule has 141 valence electrons. The Morgan fingerprint density at radius 2 is 1.54 bits per heavy atom. The highest BCUT2D eigenvalue weighted by atomic mass is 16.1. The fourth-order valence-corrected chi connectivity index (χ4v) is 2.41. The van der Waals surface area contributed by atoms with Gasteiger partial charge in [-0.2, -0.15) is 5.84 Å². The lowest BCUT2D eigenvalue weighted by atomic mass is 10.0. The first-order chi connectivity index (χ1) is 11.6. The Bertz CT molecular complexity index is 341. The second kappa shape index (κ2) is 15.6. The number of Topliss-reactive ketones (excluding diaryl/α,β-unsaturated/α-hetero) is 2. The first-order valence-corrected chi connectivity index (χ1v) is 8.96. The fourth-order valence-electron chi connectivity index (χ4n) is 2.41. The second-order valence-electron chi connectivity index (χ2n) is 5.93. The average molecular weight is 343 g/mol. The highest BCUT2D eigenvalue weighted by Gasteiger charge is 2.18. The van der Waals surface area contributed by atoms with Crippen molar-refractivity contribution in [3.63, 3.8) is 0 Å². The molecule has 0 aromatic heterocycles. The third kappa shape index (κ3) is 10.8. The Morgan fingerprint density at radius 3 is 2.04 bits per heavy atom. The first kappa shape index (κ1) is 23.1. The standard InChI is InChI=1S/C16H35N6O2/c1-2-15(23)14(8-4-6-11-18)22-20-12-9-16(24)13(21-19)7-3-5-10-17/h13-14,19-22H,2-12,17-18H2,1H3/t13-,14-/m0/s1. The van der Waals surface area contributed by atoms with Gasteiger partial charge in [0, 0.05) is 19.4 Å². The smallest absolute Gasteiger partial charge is 0.152 e. The summed E-state index contributed by atoms with van der Waals surface area (Å²) in [5.74, 6) is 7.41. The zero-order valence-electron chi connectivity index (χ0n) is 14.9. The Balaban J connectivity index is 4.07. The zero-order chi connectivity index (χ0) is 18.2. The van der Waals surface area contributed by atoms with Gasteiger partial charge in [0.2, 0.25) is 0 Å². The van der Waals surface area contributed by atoms with Gasteiger partial charge in [0.15, 0.2) is 11.6 Å². The van der Waals surface area contributed by atoms with E-state index in [9.17, 15) is 9.59 Å². The van der Waals surface area contributed by atoms with Crippen molar-refractivity contribution in [2.75, 3.05) is 19.6 Å². The molecule has 0 saturated carbocycles. The Hall–Kier alpha value is -0.900. The maximum atomic E-state index is 12.1. The van der Waals surface area contributed by atoms with Crippen LogP contribution in [0.25, 0.3) is 0 Å². The molecule has 0 bridgehead atoms. The number of carbonyl (C=O) groups excluding carboxylic acids is 2. The first-order valence-electron chi connectivity index (χ1n) is 8.96. The van der Waals surface area contributed by atoms with Crippen molar-refractivity contribution in [3.8, 4) is 0 Å². The number of hydrogen-bond acceptors (Lipinski definition) is 7. The third-order valence-electron chi connectivity index (χ3n) is 3.97. The summed E-state index contributed by atoms with van der Waals surface area (Å²) in [7, 11) is 0. The number of hydrazine groups is 1. The zero-order valence-corrected chi connectivity index (χ0v) is 14.9. The number of nitrogens with two attached hydrogens (primary N) is 2. The summed E-state index contributed by atoms with van der Waals surface area (Å²) in [6.45, 7) is 3.50. The summed E-state index contributed by atoms with van der Waals surface area (Å²) in [5, 5.41) is 0. The molecular weight excluding hydrogens is 308 g/mol. The van der Waals surface area contributed by atoms with Crippen LogP contribution in [0.4, 0.5) is 0 Å². The number of ketones is 2. The van der Waals surface area contributed by atoms with E-state index in [1.807, 2.05) is 6.92 Å². The molecule has 0 aliphatic carbocycles. The van der Waals surface area contributed by atoms with Crippen molar-refractivity contribution in [2.24, 2.45) is 11.5 Å². The molecule has 0 aliphatic rings. The van der Waals surface area contributed by atoms with E-state index in [1.165, 1.54) is 0 Å². The fraction of sp³-hybridized carbons (Fsp3) is 0.875. The number of hydrogen-bond donors (Lipinski definition) is 5. The number of nitrogens with one attached hydrogen (secondary N) is 4. The molecule has 2 atom stereocenters. The summed E-state index contributed by atoms with van der Waals surface area (Å²) in [5.41, 5.74) is 19.2. The summed E-state index contributed by atoms with van der Waals surface area (Å²) < 4.78 is 0. The molecule has 0 unspecified atom stereocenters. The van der Waals surface area contributed by atoms with Crippen LogP contribution in [0.1, 0.15) is 58.3 Å². The van der Waals surface area contributed by atoms with Crippen LogP contribution in [-0.4, -0.2) is 43.3 Å². The van der Waals surface area contributed by atoms with E-state index in [4.69, 9.17) is 17.3 Å². The molecular formula is C16H35N6O2. The van der Waals surface area contributed by atoms with Gasteiger partial charge in [-0.15, -0.1) is 0 Å². The van der Waals surface area contributed by atoms with E-state index < -0.39 is 6.04 Å². The van der Waals surface area contributed by atoms with Gasteiger partial charge in [-0.25, -0.2) is 10.9 Å². The van der Waals surface area contributed by atoms with Crippen molar-refractivity contribution in [1.82, 2.24) is 22.1 Å². The van der Waals surface area contributed by atoms with Crippen molar-refractivity contribution >= 4 is 11.6 Å². The highest BCUT2D eigenvalue weighted by Crippen LogP contribution is 2.04. The predicted molar refractivity (Wildman–Crippen MR) is 95.7 cm³/mol. The summed E-state index contributed by atoms with van der Waals surface area (Å²) >= 11 is 0. The van der Waals surface area contributed by atoms with Crippen LogP contribution in [0.15, 0.2) is 0 Å². The van der Waals surface area contributed by atoms with Crippen molar-refractivity contribution < 1.29 is 9.59 Å². The number of unbranched alkanes of at least 4 members (excludes halogenated alkanes) is 2. The van der Waals surface area contributed by atoms with Gasteiger partial charge in [0.05, 0.1) is 12.1 Å². The average Bonchev–Trinajstić information content (AvgIpc) is 2.60. The maximum absolute atomic E-state index is 12.1. The maximum Gasteiger partial charge on any atom is 0.152 e. The van der Waals surface area contributed by atoms with E-state index in [1.54, 1.807) is 0 Å². The van der Waals surface area contributed by atoms with Crippen LogP contribution in [0.3, 0.4) is 0 Å². The lowest BCUT2D eigenvalue weighted by Gasteiger charge is -2.18. The Labute approximate surface area is 145 Å². The number of carbonyl (C=O) groups is 2. The molecule has 0 rings (SSSR count). The van der Waals surface area contributed by atoms with Gasteiger partial charge < -0.3 is 11.5 Å². The lowest BCUT2D eigenvalue weighted by Crippen LogP contribution is -2.46. The normalized spacial score (nSPS) is 13.7. The predicted octanol–water partition coefficient (Wildman–Crippen LogP) is -0.198. The van der Waals surface area contributed by atoms with Gasteiger partial charge in [-0.3, -0.25) is 15.0 Å². The quantitative estimate of drug-likeness (QED) is 0.181. The van der Waals surface area contributed by atoms with Crippen molar-refractivity contribution in [1.29, 1.82) is 0 Å². The van der Waals surface area contributed by atoms with Gasteiger partial charge >= 0.3 is 0 Å². The van der Waals surface area contributed by atoms with E-state index in [0.717, 1.165) is 32.1 Å². The van der Waals surface area contributed by atoms with Crippen molar-refractivity contribution in [3.05, 3.63) is 0 Å². The molecule has 8 heteroatoms. The lowest BCUT2D eigenvalue weighted by molar-refractivity contribution is -0.121. The Morgan fingerprint density at radius 1 is 0.958 bits per heavy atom. The van der Waals surface area contributed by atoms with E-state index in [2.05, 4.69) is 16.3 Å². The molecule has 0 aromatic rings. The molecule has 8 nitrogen and oxygen atoms in total. The van der Waals surface area contributed by atoms with Crippen LogP contribution in [-0.2, 0) is 9.59 Å². The highest BCUT2D eigenvalue weighted by molar-refractivity contribution is 5.84. The summed E-state index contributed by atoms with van der Waals surface area (Å²) in [4.78, 5) is 23.9. The van der Waals surface area contributed by atoms with Crippen LogP contribution in [0.5, 0.6) is 0 Å². The van der Waals surface area contributed by atoms with Gasteiger partial charge in [-0.05, 0) is 38.8 Å². The van der Waals surface area contributed by atoms with Crippen LogP contribution < -0.4 is 33.6 Å². The third-order valence-corrected chi connectivity index (χ3v) is 3.97. The minimum absolute atomic E-state index is 0.00202. The van der Waals surface area contributed by atoms with Crippen LogP contribution in [0, 0.1) is 0 Å². The summed E-state index contributed by atoms with van der Waals surface area (Å²) in [6, 6.07) is -0.692. The SMILES string of the molecule is CCC(=O)[C@H](CCCCN)NNCCC(=O)[C@H](CCCCN)N[NH]. The van der Waals surface area contributed by atoms with Crippen molar-refractivity contribution in [2.45, 2.75) is 70.4 Å². The molecule has 8 N–H and O–H groups in total. The minimum Gasteiger partial charge on any atom is -0.330 e. The molecule has 0 spiro atoms. The van der Waals surface area contributed by atoms with Crippen LogP contribution in [0.2, 0.25) is 0 Å². The molecule has 24 heavy (non-hydrogen) atoms. The second-order valence-corrected chi connectivity index (χ2v) is 5.93. The molecule has 0 aliphatic heterocycles. The monoisotopic (exact) mass is 343 g/mol. The molecule has 0 saturated heterocycles. The van der Waals surface area contributed by atoms with Gasteiger partial charge in [0.25, 0.3) is 0 Å². The van der Waals surface area contributed by atoms with E-state index in [-0.39, 0.29) is 17.6 Å². The minimum atomic E-state index is -0.448. The summed E-state index contributed by atoms with van der Waals surface area (Å²) in [6.07, 6.45) is 5.63. The number of rotatable bonds is 17. The van der Waals surface area contributed by atoms with E-state index >= 15 is 0 Å². The molecule has 0 aromatic carbocycles. The van der Waals surface area contributed by atoms with Crippen LogP contribution >= 0.6 is 0 Å². The van der Waals surface area contributed by atoms with Gasteiger partial charge in [-0.1, -0.05) is 19.8 Å². The molecule has 0 amide bonds. The topological polar surface area (TPSA) is 146 Å². The van der Waals surface area contributed by atoms with Gasteiger partial charge in [0.1, 0.15) is 0 Å². The van der Waals surface area contributed by atoms with E-state index in [0.29, 0.717) is 38.9 Å². The Kier molecular flexibility index (Phi) is 15.0. The molecule has 1 radical (unpaired) electrons.